The van der Waals surface area contributed by atoms with Gasteiger partial charge in [-0.05, 0) is 38.5 Å². The van der Waals surface area contributed by atoms with Gasteiger partial charge in [-0.25, -0.2) is 9.98 Å². The standard InChI is InChI=1S/C14H18N4S/c1-9-5-4-6-12(7-9)18-14(15)16-8-13-10(2)19-11(3)17-13/h4-7H,8H2,1-3H3,(H3,15,16,18). The predicted octanol–water partition coefficient (Wildman–Crippen LogP) is 3.00. The van der Waals surface area contributed by atoms with Crippen molar-refractivity contribution in [3.63, 3.8) is 0 Å². The summed E-state index contributed by atoms with van der Waals surface area (Å²) in [4.78, 5) is 9.95. The van der Waals surface area contributed by atoms with E-state index >= 15 is 0 Å². The SMILES string of the molecule is Cc1cccc(NC(N)=NCc2nc(C)sc2C)c1. The second-order valence-electron chi connectivity index (χ2n) is 4.43. The van der Waals surface area contributed by atoms with Crippen LogP contribution in [0.4, 0.5) is 5.69 Å². The lowest BCUT2D eigenvalue weighted by molar-refractivity contribution is 0.980. The maximum absolute atomic E-state index is 5.88. The molecule has 0 unspecified atom stereocenters. The second-order valence-corrected chi connectivity index (χ2v) is 5.84. The number of aliphatic imine (C=N–C) groups is 1. The smallest absolute Gasteiger partial charge is 0.193 e. The van der Waals surface area contributed by atoms with Crippen molar-refractivity contribution in [2.75, 3.05) is 5.32 Å². The zero-order valence-electron chi connectivity index (χ0n) is 11.4. The molecule has 4 nitrogen and oxygen atoms in total. The highest BCUT2D eigenvalue weighted by Crippen LogP contribution is 2.17. The molecular weight excluding hydrogens is 256 g/mol. The average molecular weight is 274 g/mol. The van der Waals surface area contributed by atoms with Gasteiger partial charge in [-0.15, -0.1) is 11.3 Å². The summed E-state index contributed by atoms with van der Waals surface area (Å²) in [6.07, 6.45) is 0. The number of nitrogens with zero attached hydrogens (tertiary/aromatic N) is 2. The number of hydrogen-bond acceptors (Lipinski definition) is 3. The monoisotopic (exact) mass is 274 g/mol. The number of aromatic nitrogens is 1. The minimum atomic E-state index is 0.413. The first-order valence-corrected chi connectivity index (χ1v) is 6.93. The molecule has 0 saturated carbocycles. The van der Waals surface area contributed by atoms with Crippen molar-refractivity contribution in [2.45, 2.75) is 27.3 Å². The third-order valence-electron chi connectivity index (χ3n) is 2.69. The Morgan fingerprint density at radius 2 is 2.16 bits per heavy atom. The van der Waals surface area contributed by atoms with Crippen LogP contribution in [0.1, 0.15) is 21.1 Å². The van der Waals surface area contributed by atoms with E-state index in [1.807, 2.05) is 38.1 Å². The summed E-state index contributed by atoms with van der Waals surface area (Å²) in [5, 5.41) is 4.15. The van der Waals surface area contributed by atoms with Crippen molar-refractivity contribution in [3.8, 4) is 0 Å². The summed E-state index contributed by atoms with van der Waals surface area (Å²) in [5.41, 5.74) is 9.01. The van der Waals surface area contributed by atoms with Crippen LogP contribution < -0.4 is 11.1 Å². The summed E-state index contributed by atoms with van der Waals surface area (Å²) >= 11 is 1.69. The topological polar surface area (TPSA) is 63.3 Å². The van der Waals surface area contributed by atoms with Crippen molar-refractivity contribution >= 4 is 23.0 Å². The van der Waals surface area contributed by atoms with E-state index < -0.39 is 0 Å². The highest BCUT2D eigenvalue weighted by molar-refractivity contribution is 7.11. The molecule has 0 atom stereocenters. The van der Waals surface area contributed by atoms with Gasteiger partial charge in [-0.3, -0.25) is 0 Å². The van der Waals surface area contributed by atoms with Gasteiger partial charge in [0.2, 0.25) is 0 Å². The van der Waals surface area contributed by atoms with E-state index in [-0.39, 0.29) is 0 Å². The van der Waals surface area contributed by atoms with Crippen LogP contribution in [-0.2, 0) is 6.54 Å². The van der Waals surface area contributed by atoms with Gasteiger partial charge in [0.05, 0.1) is 17.2 Å². The van der Waals surface area contributed by atoms with Crippen molar-refractivity contribution in [2.24, 2.45) is 10.7 Å². The predicted molar refractivity (Wildman–Crippen MR) is 81.7 cm³/mol. The molecule has 0 spiro atoms. The van der Waals surface area contributed by atoms with Crippen LogP contribution >= 0.6 is 11.3 Å². The Morgan fingerprint density at radius 3 is 2.79 bits per heavy atom. The Morgan fingerprint density at radius 1 is 1.37 bits per heavy atom. The van der Waals surface area contributed by atoms with E-state index in [0.29, 0.717) is 12.5 Å². The first-order valence-electron chi connectivity index (χ1n) is 6.11. The Balaban J connectivity index is 2.02. The molecule has 0 radical (unpaired) electrons. The number of nitrogens with two attached hydrogens (primary N) is 1. The fourth-order valence-corrected chi connectivity index (χ4v) is 2.62. The number of guanidine groups is 1. The molecule has 0 aliphatic rings. The first-order chi connectivity index (χ1) is 9.04. The van der Waals surface area contributed by atoms with Gasteiger partial charge in [0.15, 0.2) is 5.96 Å². The summed E-state index contributed by atoms with van der Waals surface area (Å²) in [6, 6.07) is 8.02. The minimum absolute atomic E-state index is 0.413. The van der Waals surface area contributed by atoms with Crippen LogP contribution in [0.5, 0.6) is 0 Å². The molecule has 0 aliphatic heterocycles. The number of aryl methyl sites for hydroxylation is 3. The normalized spacial score (nSPS) is 11.6. The third kappa shape index (κ3) is 3.79. The first kappa shape index (κ1) is 13.5. The lowest BCUT2D eigenvalue weighted by atomic mass is 10.2. The van der Waals surface area contributed by atoms with Crippen molar-refractivity contribution in [1.29, 1.82) is 0 Å². The number of thiazole rings is 1. The summed E-state index contributed by atoms with van der Waals surface area (Å²) in [6.45, 7) is 6.61. The van der Waals surface area contributed by atoms with Crippen LogP contribution in [0, 0.1) is 20.8 Å². The Hall–Kier alpha value is -1.88. The molecule has 0 aliphatic carbocycles. The Kier molecular flexibility index (Phi) is 4.16. The summed E-state index contributed by atoms with van der Waals surface area (Å²) in [5.74, 6) is 0.413. The second kappa shape index (κ2) is 5.84. The fourth-order valence-electron chi connectivity index (χ4n) is 1.79. The van der Waals surface area contributed by atoms with Crippen LogP contribution in [0.25, 0.3) is 0 Å². The quantitative estimate of drug-likeness (QED) is 0.668. The molecule has 2 rings (SSSR count). The molecule has 0 fully saturated rings. The molecule has 1 aromatic heterocycles. The van der Waals surface area contributed by atoms with Crippen LogP contribution in [0.2, 0.25) is 0 Å². The van der Waals surface area contributed by atoms with E-state index in [1.54, 1.807) is 11.3 Å². The van der Waals surface area contributed by atoms with E-state index in [4.69, 9.17) is 5.73 Å². The fraction of sp³-hybridized carbons (Fsp3) is 0.286. The van der Waals surface area contributed by atoms with E-state index in [1.165, 1.54) is 10.4 Å². The minimum Gasteiger partial charge on any atom is -0.370 e. The zero-order chi connectivity index (χ0) is 13.8. The molecule has 0 saturated heterocycles. The lowest BCUT2D eigenvalue weighted by Crippen LogP contribution is -2.22. The van der Waals surface area contributed by atoms with Gasteiger partial charge < -0.3 is 11.1 Å². The van der Waals surface area contributed by atoms with Gasteiger partial charge in [0.1, 0.15) is 0 Å². The maximum Gasteiger partial charge on any atom is 0.193 e. The van der Waals surface area contributed by atoms with Gasteiger partial charge in [-0.2, -0.15) is 0 Å². The van der Waals surface area contributed by atoms with Gasteiger partial charge in [0.25, 0.3) is 0 Å². The number of rotatable bonds is 3. The van der Waals surface area contributed by atoms with E-state index in [2.05, 4.69) is 22.2 Å². The van der Waals surface area contributed by atoms with Gasteiger partial charge >= 0.3 is 0 Å². The van der Waals surface area contributed by atoms with Gasteiger partial charge in [0, 0.05) is 10.6 Å². The van der Waals surface area contributed by atoms with Crippen molar-refractivity contribution in [3.05, 3.63) is 45.4 Å². The van der Waals surface area contributed by atoms with E-state index in [0.717, 1.165) is 16.4 Å². The highest BCUT2D eigenvalue weighted by Gasteiger charge is 2.04. The summed E-state index contributed by atoms with van der Waals surface area (Å²) < 4.78 is 0. The average Bonchev–Trinajstić information content (AvgIpc) is 2.65. The highest BCUT2D eigenvalue weighted by atomic mass is 32.1. The summed E-state index contributed by atoms with van der Waals surface area (Å²) in [7, 11) is 0. The lowest BCUT2D eigenvalue weighted by Gasteiger charge is -2.06. The third-order valence-corrected chi connectivity index (χ3v) is 3.62. The number of nitrogens with one attached hydrogen (secondary N) is 1. The van der Waals surface area contributed by atoms with Crippen molar-refractivity contribution < 1.29 is 0 Å². The molecule has 3 N–H and O–H groups in total. The Bertz CT molecular complexity index is 601. The number of benzene rings is 1. The maximum atomic E-state index is 5.88. The molecule has 2 aromatic rings. The molecular formula is C14H18N4S. The molecule has 1 aromatic carbocycles. The zero-order valence-corrected chi connectivity index (χ0v) is 12.2. The molecule has 19 heavy (non-hydrogen) atoms. The van der Waals surface area contributed by atoms with E-state index in [9.17, 15) is 0 Å². The van der Waals surface area contributed by atoms with Gasteiger partial charge in [-0.1, -0.05) is 12.1 Å². The molecule has 5 heteroatoms. The Labute approximate surface area is 117 Å². The molecule has 1 heterocycles. The largest absolute Gasteiger partial charge is 0.370 e. The molecule has 0 amide bonds. The number of anilines is 1. The van der Waals surface area contributed by atoms with Crippen molar-refractivity contribution in [1.82, 2.24) is 4.98 Å². The number of hydrogen-bond donors (Lipinski definition) is 2. The van der Waals surface area contributed by atoms with Crippen LogP contribution in [-0.4, -0.2) is 10.9 Å². The van der Waals surface area contributed by atoms with Crippen LogP contribution in [0.15, 0.2) is 29.3 Å². The molecule has 0 bridgehead atoms. The molecule has 100 valence electrons. The van der Waals surface area contributed by atoms with Crippen LogP contribution in [0.3, 0.4) is 0 Å².